The minimum Gasteiger partial charge on any atom is -0.477 e. The molecule has 1 N–H and O–H groups in total. The zero-order valence-corrected chi connectivity index (χ0v) is 20.9. The fourth-order valence-electron chi connectivity index (χ4n) is 2.68. The van der Waals surface area contributed by atoms with Gasteiger partial charge in [0.1, 0.15) is 17.2 Å². The van der Waals surface area contributed by atoms with Crippen LogP contribution >= 0.6 is 11.6 Å². The second kappa shape index (κ2) is 15.2. The molecule has 0 fully saturated rings. The van der Waals surface area contributed by atoms with Gasteiger partial charge in [-0.2, -0.15) is 0 Å². The molecule has 0 saturated heterocycles. The Bertz CT molecular complexity index is 1260. The molecule has 0 radical (unpaired) electrons. The van der Waals surface area contributed by atoms with Crippen molar-refractivity contribution in [3.8, 4) is 11.6 Å². The molecule has 0 bridgehead atoms. The van der Waals surface area contributed by atoms with Gasteiger partial charge >= 0.3 is 10.6 Å². The van der Waals surface area contributed by atoms with Crippen molar-refractivity contribution in [1.29, 1.82) is 0 Å². The highest BCUT2D eigenvalue weighted by Crippen LogP contribution is 2.20. The van der Waals surface area contributed by atoms with Crippen molar-refractivity contribution in [2.24, 2.45) is 0 Å². The maximum atomic E-state index is 8.44. The number of rotatable bonds is 7. The van der Waals surface area contributed by atoms with Crippen LogP contribution < -0.4 is 10.1 Å². The number of aryl methyl sites for hydroxylation is 2. The Morgan fingerprint density at radius 2 is 1.57 bits per heavy atom. The molecule has 0 amide bonds. The molecule has 0 spiro atoms. The molecule has 11 heteroatoms. The van der Waals surface area contributed by atoms with Gasteiger partial charge in [-0.3, -0.25) is 0 Å². The normalized spacial score (nSPS) is 9.69. The van der Waals surface area contributed by atoms with E-state index >= 15 is 0 Å². The van der Waals surface area contributed by atoms with E-state index in [9.17, 15) is 0 Å². The SMILES string of the molecule is Cc1ccccc1.Cc1ncnc(NCCCOc2ccn(-c3ccccc3)n2)c1Cl.O=S(=O)=O. The average molecular weight is 516 g/mol. The topological polar surface area (TPSA) is 116 Å². The summed E-state index contributed by atoms with van der Waals surface area (Å²) in [5.41, 5.74) is 3.09. The summed E-state index contributed by atoms with van der Waals surface area (Å²) in [7, 11) is -3.11. The second-order valence-electron chi connectivity index (χ2n) is 7.04. The number of halogens is 1. The predicted molar refractivity (Wildman–Crippen MR) is 135 cm³/mol. The van der Waals surface area contributed by atoms with Gasteiger partial charge in [-0.1, -0.05) is 65.7 Å². The van der Waals surface area contributed by atoms with Gasteiger partial charge in [-0.15, -0.1) is 17.7 Å². The predicted octanol–water partition coefficient (Wildman–Crippen LogP) is 4.50. The number of hydrogen-bond acceptors (Lipinski definition) is 8. The van der Waals surface area contributed by atoms with Crippen LogP contribution in [0.3, 0.4) is 0 Å². The van der Waals surface area contributed by atoms with Crippen LogP contribution in [0.2, 0.25) is 5.02 Å². The number of hydrogen-bond donors (Lipinski definition) is 1. The lowest BCUT2D eigenvalue weighted by atomic mass is 10.2. The standard InChI is InChI=1S/C17H18ClN5O.C7H8.O3S/c1-13-16(18)17(21-12-20-13)19-9-5-11-24-15-8-10-23(22-15)14-6-3-2-4-7-14;1-7-5-3-2-4-6-7;1-4(2)3/h2-4,6-8,10,12H,5,9,11H2,1H3,(H,19,20,21);2-6H,1H3;. The van der Waals surface area contributed by atoms with Crippen molar-refractivity contribution in [3.63, 3.8) is 0 Å². The van der Waals surface area contributed by atoms with Crippen molar-refractivity contribution in [1.82, 2.24) is 19.7 Å². The lowest BCUT2D eigenvalue weighted by Gasteiger charge is -2.08. The molecule has 184 valence electrons. The summed E-state index contributed by atoms with van der Waals surface area (Å²) >= 11 is 6.13. The summed E-state index contributed by atoms with van der Waals surface area (Å²) in [6.07, 6.45) is 4.18. The highest BCUT2D eigenvalue weighted by molar-refractivity contribution is 7.59. The molecule has 9 nitrogen and oxygen atoms in total. The molecular formula is C24H26ClN5O4S. The smallest absolute Gasteiger partial charge is 0.425 e. The molecule has 0 aliphatic carbocycles. The monoisotopic (exact) mass is 515 g/mol. The minimum absolute atomic E-state index is 0.556. The Balaban J connectivity index is 0.000000325. The molecular weight excluding hydrogens is 490 g/mol. The van der Waals surface area contributed by atoms with E-state index in [4.69, 9.17) is 29.0 Å². The van der Waals surface area contributed by atoms with Crippen LogP contribution in [0.4, 0.5) is 5.82 Å². The van der Waals surface area contributed by atoms with Gasteiger partial charge < -0.3 is 10.1 Å². The third-order valence-corrected chi connectivity index (χ3v) is 4.81. The first-order valence-corrected chi connectivity index (χ1v) is 12.0. The van der Waals surface area contributed by atoms with Crippen molar-refractivity contribution in [2.75, 3.05) is 18.5 Å². The number of benzene rings is 2. The summed E-state index contributed by atoms with van der Waals surface area (Å²) in [4.78, 5) is 8.15. The number of nitrogens with zero attached hydrogens (tertiary/aromatic N) is 4. The molecule has 2 aromatic carbocycles. The van der Waals surface area contributed by atoms with Gasteiger partial charge in [0.05, 0.1) is 18.0 Å². The first-order chi connectivity index (χ1) is 16.9. The number of ether oxygens (including phenoxy) is 1. The Hall–Kier alpha value is -3.76. The number of para-hydroxylation sites is 1. The van der Waals surface area contributed by atoms with Crippen molar-refractivity contribution < 1.29 is 17.4 Å². The Labute approximate surface area is 210 Å². The molecule has 35 heavy (non-hydrogen) atoms. The van der Waals surface area contributed by atoms with Crippen molar-refractivity contribution in [2.45, 2.75) is 20.3 Å². The number of anilines is 1. The lowest BCUT2D eigenvalue weighted by molar-refractivity contribution is 0.301. The summed E-state index contributed by atoms with van der Waals surface area (Å²) in [6.45, 7) is 5.19. The molecule has 2 heterocycles. The first-order valence-electron chi connectivity index (χ1n) is 10.6. The van der Waals surface area contributed by atoms with E-state index in [0.717, 1.165) is 17.8 Å². The van der Waals surface area contributed by atoms with Crippen LogP contribution in [0.25, 0.3) is 5.69 Å². The lowest BCUT2D eigenvalue weighted by Crippen LogP contribution is -2.09. The van der Waals surface area contributed by atoms with Crippen LogP contribution in [0, 0.1) is 13.8 Å². The highest BCUT2D eigenvalue weighted by Gasteiger charge is 2.05. The van der Waals surface area contributed by atoms with E-state index in [1.165, 1.54) is 11.9 Å². The van der Waals surface area contributed by atoms with E-state index < -0.39 is 10.6 Å². The Morgan fingerprint density at radius 3 is 2.17 bits per heavy atom. The van der Waals surface area contributed by atoms with E-state index in [1.54, 1.807) is 4.68 Å². The molecule has 4 rings (SSSR count). The van der Waals surface area contributed by atoms with Crippen molar-refractivity contribution >= 4 is 28.0 Å². The van der Waals surface area contributed by atoms with Crippen LogP contribution in [-0.4, -0.2) is 45.5 Å². The van der Waals surface area contributed by atoms with Crippen LogP contribution in [-0.2, 0) is 10.6 Å². The number of aromatic nitrogens is 4. The quantitative estimate of drug-likeness (QED) is 0.358. The van der Waals surface area contributed by atoms with E-state index in [2.05, 4.69) is 39.4 Å². The van der Waals surface area contributed by atoms with Crippen LogP contribution in [0.1, 0.15) is 17.7 Å². The van der Waals surface area contributed by atoms with Gasteiger partial charge in [0.25, 0.3) is 0 Å². The number of nitrogens with one attached hydrogen (secondary N) is 1. The fourth-order valence-corrected chi connectivity index (χ4v) is 2.84. The largest absolute Gasteiger partial charge is 0.477 e. The zero-order chi connectivity index (χ0) is 25.5. The summed E-state index contributed by atoms with van der Waals surface area (Å²) < 4.78 is 32.8. The van der Waals surface area contributed by atoms with Crippen molar-refractivity contribution in [3.05, 3.63) is 95.5 Å². The molecule has 2 aromatic heterocycles. The third-order valence-electron chi connectivity index (χ3n) is 4.35. The Kier molecular flexibility index (Phi) is 11.9. The summed E-state index contributed by atoms with van der Waals surface area (Å²) in [5, 5.41) is 8.13. The average Bonchev–Trinajstić information content (AvgIpc) is 3.32. The minimum atomic E-state index is -3.11. The van der Waals surface area contributed by atoms with Crippen LogP contribution in [0.5, 0.6) is 5.88 Å². The van der Waals surface area contributed by atoms with E-state index in [-0.39, 0.29) is 0 Å². The Morgan fingerprint density at radius 1 is 0.943 bits per heavy atom. The molecule has 0 atom stereocenters. The van der Waals surface area contributed by atoms with Gasteiger partial charge in [0, 0.05) is 18.8 Å². The van der Waals surface area contributed by atoms with E-state index in [1.807, 2.05) is 67.7 Å². The molecule has 0 unspecified atom stereocenters. The molecule has 0 aliphatic rings. The zero-order valence-electron chi connectivity index (χ0n) is 19.3. The van der Waals surface area contributed by atoms with Crippen LogP contribution in [0.15, 0.2) is 79.3 Å². The highest BCUT2D eigenvalue weighted by atomic mass is 35.5. The molecule has 0 saturated carbocycles. The summed E-state index contributed by atoms with van der Waals surface area (Å²) in [5.74, 6) is 1.26. The van der Waals surface area contributed by atoms with Gasteiger partial charge in [0.15, 0.2) is 0 Å². The second-order valence-corrected chi connectivity index (χ2v) is 7.83. The van der Waals surface area contributed by atoms with Gasteiger partial charge in [0.2, 0.25) is 5.88 Å². The molecule has 0 aliphatic heterocycles. The van der Waals surface area contributed by atoms with Gasteiger partial charge in [-0.25, -0.2) is 14.6 Å². The first kappa shape index (κ1) is 27.5. The summed E-state index contributed by atoms with van der Waals surface area (Å²) in [6, 6.07) is 22.0. The van der Waals surface area contributed by atoms with E-state index in [0.29, 0.717) is 29.9 Å². The van der Waals surface area contributed by atoms with Gasteiger partial charge in [-0.05, 0) is 32.4 Å². The molecule has 4 aromatic rings. The maximum Gasteiger partial charge on any atom is 0.425 e. The maximum absolute atomic E-state index is 8.44. The third kappa shape index (κ3) is 10.8. The fraction of sp³-hybridized carbons (Fsp3) is 0.208.